The third-order valence-corrected chi connectivity index (χ3v) is 2.17. The van der Waals surface area contributed by atoms with E-state index < -0.39 is 0 Å². The first-order chi connectivity index (χ1) is 7.03. The van der Waals surface area contributed by atoms with Crippen LogP contribution in [-0.4, -0.2) is 25.2 Å². The third-order valence-electron chi connectivity index (χ3n) is 2.17. The smallest absolute Gasteiger partial charge is 0.137 e. The molecule has 84 valence electrons. The second-order valence-corrected chi connectivity index (χ2v) is 4.62. The largest absolute Gasteiger partial charge is 0.491 e. The van der Waals surface area contributed by atoms with Gasteiger partial charge in [0, 0.05) is 17.7 Å². The van der Waals surface area contributed by atoms with Gasteiger partial charge in [0.05, 0.1) is 12.8 Å². The number of aromatic nitrogens is 1. The Morgan fingerprint density at radius 1 is 1.40 bits per heavy atom. The van der Waals surface area contributed by atoms with E-state index in [9.17, 15) is 0 Å². The van der Waals surface area contributed by atoms with Crippen molar-refractivity contribution in [2.45, 2.75) is 20.8 Å². The normalized spacial score (nSPS) is 11.5. The van der Waals surface area contributed by atoms with Crippen molar-refractivity contribution in [1.82, 2.24) is 10.3 Å². The molecule has 0 atom stereocenters. The zero-order valence-corrected chi connectivity index (χ0v) is 10.0. The molecule has 0 radical (unpaired) electrons. The van der Waals surface area contributed by atoms with Gasteiger partial charge in [-0.3, -0.25) is 4.98 Å². The zero-order chi connectivity index (χ0) is 11.3. The first-order valence-electron chi connectivity index (χ1n) is 5.23. The van der Waals surface area contributed by atoms with Crippen molar-refractivity contribution in [2.24, 2.45) is 5.41 Å². The number of pyridine rings is 1. The highest BCUT2D eigenvalue weighted by atomic mass is 16.5. The molecule has 1 rings (SSSR count). The maximum Gasteiger partial charge on any atom is 0.137 e. The van der Waals surface area contributed by atoms with Crippen molar-refractivity contribution < 1.29 is 4.74 Å². The minimum atomic E-state index is 0.139. The van der Waals surface area contributed by atoms with Crippen LogP contribution in [0.4, 0.5) is 0 Å². The molecule has 1 N–H and O–H groups in total. The zero-order valence-electron chi connectivity index (χ0n) is 10.0. The Morgan fingerprint density at radius 3 is 2.67 bits per heavy atom. The Hall–Kier alpha value is -1.09. The lowest BCUT2D eigenvalue weighted by molar-refractivity contribution is 0.178. The summed E-state index contributed by atoms with van der Waals surface area (Å²) in [7, 11) is 1.95. The molecule has 0 aliphatic carbocycles. The van der Waals surface area contributed by atoms with Crippen LogP contribution >= 0.6 is 0 Å². The lowest BCUT2D eigenvalue weighted by Crippen LogP contribution is -2.32. The maximum absolute atomic E-state index is 5.68. The average molecular weight is 208 g/mol. The fourth-order valence-electron chi connectivity index (χ4n) is 1.35. The Labute approximate surface area is 91.9 Å². The summed E-state index contributed by atoms with van der Waals surface area (Å²) >= 11 is 0. The van der Waals surface area contributed by atoms with Gasteiger partial charge >= 0.3 is 0 Å². The standard InChI is InChI=1S/C12H20N2O/c1-10-5-6-11(7-14-10)15-9-12(2,3)8-13-4/h5-7,13H,8-9H2,1-4H3. The van der Waals surface area contributed by atoms with Crippen LogP contribution in [0.5, 0.6) is 5.75 Å². The van der Waals surface area contributed by atoms with Crippen LogP contribution in [0.1, 0.15) is 19.5 Å². The molecule has 1 heterocycles. The highest BCUT2D eigenvalue weighted by Crippen LogP contribution is 2.17. The molecule has 0 amide bonds. The topological polar surface area (TPSA) is 34.1 Å². The van der Waals surface area contributed by atoms with E-state index in [0.717, 1.165) is 18.0 Å². The number of aryl methyl sites for hydroxylation is 1. The van der Waals surface area contributed by atoms with Crippen molar-refractivity contribution in [1.29, 1.82) is 0 Å². The minimum Gasteiger partial charge on any atom is -0.491 e. The molecule has 0 unspecified atom stereocenters. The molecular weight excluding hydrogens is 188 g/mol. The molecule has 1 aromatic heterocycles. The summed E-state index contributed by atoms with van der Waals surface area (Å²) in [6.07, 6.45) is 1.77. The number of hydrogen-bond acceptors (Lipinski definition) is 3. The summed E-state index contributed by atoms with van der Waals surface area (Å²) in [5.41, 5.74) is 1.15. The molecule has 0 aliphatic rings. The molecule has 0 aromatic carbocycles. The summed E-state index contributed by atoms with van der Waals surface area (Å²) in [5, 5.41) is 3.16. The van der Waals surface area contributed by atoms with Crippen LogP contribution in [0.25, 0.3) is 0 Å². The number of nitrogens with zero attached hydrogens (tertiary/aromatic N) is 1. The molecule has 1 aromatic rings. The highest BCUT2D eigenvalue weighted by molar-refractivity contribution is 5.19. The quantitative estimate of drug-likeness (QED) is 0.803. The van der Waals surface area contributed by atoms with Crippen molar-refractivity contribution in [3.8, 4) is 5.75 Å². The number of hydrogen-bond donors (Lipinski definition) is 1. The lowest BCUT2D eigenvalue weighted by Gasteiger charge is -2.24. The number of rotatable bonds is 5. The van der Waals surface area contributed by atoms with Gasteiger partial charge in [-0.1, -0.05) is 13.8 Å². The van der Waals surface area contributed by atoms with Gasteiger partial charge in [0.2, 0.25) is 0 Å². The third kappa shape index (κ3) is 4.30. The van der Waals surface area contributed by atoms with E-state index in [1.807, 2.05) is 26.1 Å². The van der Waals surface area contributed by atoms with Gasteiger partial charge in [-0.2, -0.15) is 0 Å². The van der Waals surface area contributed by atoms with E-state index >= 15 is 0 Å². The van der Waals surface area contributed by atoms with Crippen molar-refractivity contribution in [3.05, 3.63) is 24.0 Å². The second kappa shape index (κ2) is 5.12. The van der Waals surface area contributed by atoms with Gasteiger partial charge in [0.15, 0.2) is 0 Å². The summed E-state index contributed by atoms with van der Waals surface area (Å²) in [4.78, 5) is 4.19. The Balaban J connectivity index is 2.46. The Kier molecular flexibility index (Phi) is 4.09. The Morgan fingerprint density at radius 2 is 2.13 bits per heavy atom. The molecule has 0 saturated carbocycles. The summed E-state index contributed by atoms with van der Waals surface area (Å²) in [5.74, 6) is 0.838. The molecular formula is C12H20N2O. The SMILES string of the molecule is CNCC(C)(C)COc1ccc(C)nc1. The van der Waals surface area contributed by atoms with E-state index in [1.54, 1.807) is 6.20 Å². The van der Waals surface area contributed by atoms with Crippen molar-refractivity contribution >= 4 is 0 Å². The first-order valence-corrected chi connectivity index (χ1v) is 5.23. The summed E-state index contributed by atoms with van der Waals surface area (Å²) in [6.45, 7) is 7.94. The van der Waals surface area contributed by atoms with E-state index in [1.165, 1.54) is 0 Å². The number of nitrogens with one attached hydrogen (secondary N) is 1. The summed E-state index contributed by atoms with van der Waals surface area (Å²) in [6, 6.07) is 3.91. The van der Waals surface area contributed by atoms with Crippen molar-refractivity contribution in [3.63, 3.8) is 0 Å². The van der Waals surface area contributed by atoms with Gasteiger partial charge in [-0.15, -0.1) is 0 Å². The molecule has 0 aliphatic heterocycles. The van der Waals surface area contributed by atoms with E-state index in [0.29, 0.717) is 6.61 Å². The molecule has 15 heavy (non-hydrogen) atoms. The van der Waals surface area contributed by atoms with Crippen LogP contribution in [0, 0.1) is 12.3 Å². The molecule has 0 spiro atoms. The summed E-state index contributed by atoms with van der Waals surface area (Å²) < 4.78 is 5.68. The predicted octanol–water partition coefficient (Wildman–Crippen LogP) is 2.01. The van der Waals surface area contributed by atoms with Gasteiger partial charge in [-0.05, 0) is 26.1 Å². The van der Waals surface area contributed by atoms with Crippen LogP contribution in [0.15, 0.2) is 18.3 Å². The highest BCUT2D eigenvalue weighted by Gasteiger charge is 2.17. The number of ether oxygens (including phenoxy) is 1. The predicted molar refractivity (Wildman–Crippen MR) is 62.2 cm³/mol. The van der Waals surface area contributed by atoms with Crippen LogP contribution < -0.4 is 10.1 Å². The minimum absolute atomic E-state index is 0.139. The van der Waals surface area contributed by atoms with E-state index in [2.05, 4.69) is 24.1 Å². The average Bonchev–Trinajstić information content (AvgIpc) is 2.17. The first kappa shape index (κ1) is 12.0. The van der Waals surface area contributed by atoms with Crippen molar-refractivity contribution in [2.75, 3.05) is 20.2 Å². The lowest BCUT2D eigenvalue weighted by atomic mass is 9.95. The van der Waals surface area contributed by atoms with E-state index in [-0.39, 0.29) is 5.41 Å². The van der Waals surface area contributed by atoms with Gasteiger partial charge in [-0.25, -0.2) is 0 Å². The molecule has 0 fully saturated rings. The maximum atomic E-state index is 5.68. The van der Waals surface area contributed by atoms with Crippen LogP contribution in [0.2, 0.25) is 0 Å². The molecule has 3 nitrogen and oxygen atoms in total. The molecule has 0 saturated heterocycles. The molecule has 0 bridgehead atoms. The van der Waals surface area contributed by atoms with Gasteiger partial charge < -0.3 is 10.1 Å². The Bertz CT molecular complexity index is 293. The van der Waals surface area contributed by atoms with Crippen LogP contribution in [0.3, 0.4) is 0 Å². The van der Waals surface area contributed by atoms with E-state index in [4.69, 9.17) is 4.74 Å². The van der Waals surface area contributed by atoms with Crippen LogP contribution in [-0.2, 0) is 0 Å². The monoisotopic (exact) mass is 208 g/mol. The fraction of sp³-hybridized carbons (Fsp3) is 0.583. The molecule has 3 heteroatoms. The second-order valence-electron chi connectivity index (χ2n) is 4.62. The fourth-order valence-corrected chi connectivity index (χ4v) is 1.35. The van der Waals surface area contributed by atoms with Gasteiger partial charge in [0.1, 0.15) is 5.75 Å². The van der Waals surface area contributed by atoms with Gasteiger partial charge in [0.25, 0.3) is 0 Å².